The number of hydrogen-bond acceptors (Lipinski definition) is 2. The van der Waals surface area contributed by atoms with Crippen LogP contribution in [0.5, 0.6) is 0 Å². The van der Waals surface area contributed by atoms with E-state index in [4.69, 9.17) is 16.3 Å². The molecule has 0 bridgehead atoms. The van der Waals surface area contributed by atoms with Crippen LogP contribution >= 0.6 is 11.6 Å². The molecule has 0 radical (unpaired) electrons. The Kier molecular flexibility index (Phi) is 7.36. The van der Waals surface area contributed by atoms with Gasteiger partial charge >= 0.3 is 0 Å². The van der Waals surface area contributed by atoms with Crippen molar-refractivity contribution in [2.24, 2.45) is 0 Å². The molecule has 0 aliphatic heterocycles. The molecule has 4 heteroatoms. The number of rotatable bonds is 8. The van der Waals surface area contributed by atoms with Crippen LogP contribution in [0.2, 0.25) is 5.02 Å². The van der Waals surface area contributed by atoms with Crippen molar-refractivity contribution in [2.45, 2.75) is 45.3 Å². The first kappa shape index (κ1) is 16.4. The molecule has 0 aliphatic carbocycles. The molecule has 0 saturated carbocycles. The highest BCUT2D eigenvalue weighted by Gasteiger charge is 2.16. The van der Waals surface area contributed by atoms with E-state index in [1.807, 2.05) is 6.92 Å². The van der Waals surface area contributed by atoms with E-state index in [1.54, 1.807) is 13.2 Å². The van der Waals surface area contributed by atoms with Crippen LogP contribution in [0, 0.1) is 5.82 Å². The second kappa shape index (κ2) is 8.51. The van der Waals surface area contributed by atoms with Gasteiger partial charge < -0.3 is 10.1 Å². The van der Waals surface area contributed by atoms with Gasteiger partial charge in [-0.25, -0.2) is 4.39 Å². The van der Waals surface area contributed by atoms with E-state index in [2.05, 4.69) is 12.2 Å². The molecular formula is C15H23ClFNO. The second-order valence-corrected chi connectivity index (χ2v) is 5.20. The van der Waals surface area contributed by atoms with E-state index >= 15 is 0 Å². The highest BCUT2D eigenvalue weighted by atomic mass is 35.5. The van der Waals surface area contributed by atoms with Crippen molar-refractivity contribution < 1.29 is 9.13 Å². The Balaban J connectivity index is 2.79. The number of ether oxygens (including phenoxy) is 1. The molecule has 1 aromatic rings. The lowest BCUT2D eigenvalue weighted by Crippen LogP contribution is -2.24. The molecule has 0 aliphatic rings. The summed E-state index contributed by atoms with van der Waals surface area (Å²) in [5, 5.41) is 4.04. The summed E-state index contributed by atoms with van der Waals surface area (Å²) in [5.74, 6) is -0.248. The van der Waals surface area contributed by atoms with Gasteiger partial charge in [0.1, 0.15) is 5.82 Å². The Morgan fingerprint density at radius 3 is 2.74 bits per heavy atom. The highest BCUT2D eigenvalue weighted by molar-refractivity contribution is 6.31. The largest absolute Gasteiger partial charge is 0.382 e. The van der Waals surface area contributed by atoms with Gasteiger partial charge in [0.2, 0.25) is 0 Å². The summed E-state index contributed by atoms with van der Waals surface area (Å²) in [4.78, 5) is 0. The van der Waals surface area contributed by atoms with E-state index < -0.39 is 0 Å². The molecule has 1 aromatic carbocycles. The summed E-state index contributed by atoms with van der Waals surface area (Å²) >= 11 is 6.18. The minimum Gasteiger partial charge on any atom is -0.382 e. The van der Waals surface area contributed by atoms with Gasteiger partial charge in [0.25, 0.3) is 0 Å². The summed E-state index contributed by atoms with van der Waals surface area (Å²) in [5.41, 5.74) is 0.832. The Labute approximate surface area is 120 Å². The molecule has 19 heavy (non-hydrogen) atoms. The van der Waals surface area contributed by atoms with E-state index in [0.717, 1.165) is 31.4 Å². The molecule has 2 nitrogen and oxygen atoms in total. The first-order valence-electron chi connectivity index (χ1n) is 6.79. The lowest BCUT2D eigenvalue weighted by Gasteiger charge is -2.21. The summed E-state index contributed by atoms with van der Waals surface area (Å²) in [6.45, 7) is 5.03. The predicted molar refractivity (Wildman–Crippen MR) is 78.1 cm³/mol. The lowest BCUT2D eigenvalue weighted by molar-refractivity contribution is 0.106. The number of methoxy groups -OCH3 is 1. The smallest absolute Gasteiger partial charge is 0.123 e. The van der Waals surface area contributed by atoms with Gasteiger partial charge in [0, 0.05) is 18.2 Å². The van der Waals surface area contributed by atoms with E-state index in [1.165, 1.54) is 12.1 Å². The molecule has 2 atom stereocenters. The molecule has 0 spiro atoms. The molecule has 108 valence electrons. The Morgan fingerprint density at radius 1 is 1.37 bits per heavy atom. The Hall–Kier alpha value is -0.640. The van der Waals surface area contributed by atoms with Crippen molar-refractivity contribution in [1.29, 1.82) is 0 Å². The average Bonchev–Trinajstić information content (AvgIpc) is 2.41. The maximum absolute atomic E-state index is 13.4. The highest BCUT2D eigenvalue weighted by Crippen LogP contribution is 2.27. The van der Waals surface area contributed by atoms with Crippen LogP contribution in [-0.4, -0.2) is 19.8 Å². The van der Waals surface area contributed by atoms with Crippen LogP contribution in [0.4, 0.5) is 4.39 Å². The SMILES string of the molecule is CCCNC(CCC(C)OC)c1cc(F)ccc1Cl. The zero-order valence-corrected chi connectivity index (χ0v) is 12.6. The summed E-state index contributed by atoms with van der Waals surface area (Å²) in [6, 6.07) is 4.60. The van der Waals surface area contributed by atoms with Crippen LogP contribution in [0.25, 0.3) is 0 Å². The van der Waals surface area contributed by atoms with E-state index in [-0.39, 0.29) is 18.0 Å². The maximum atomic E-state index is 13.4. The van der Waals surface area contributed by atoms with Gasteiger partial charge in [-0.1, -0.05) is 18.5 Å². The molecule has 0 aromatic heterocycles. The summed E-state index contributed by atoms with van der Waals surface area (Å²) < 4.78 is 18.6. The topological polar surface area (TPSA) is 21.3 Å². The van der Waals surface area contributed by atoms with Crippen LogP contribution in [-0.2, 0) is 4.74 Å². The fourth-order valence-corrected chi connectivity index (χ4v) is 2.24. The zero-order valence-electron chi connectivity index (χ0n) is 11.9. The van der Waals surface area contributed by atoms with Gasteiger partial charge in [-0.2, -0.15) is 0 Å². The summed E-state index contributed by atoms with van der Waals surface area (Å²) in [6.07, 6.45) is 3.00. The van der Waals surface area contributed by atoms with Gasteiger partial charge in [0.05, 0.1) is 6.10 Å². The van der Waals surface area contributed by atoms with Gasteiger partial charge in [-0.3, -0.25) is 0 Å². The van der Waals surface area contributed by atoms with Crippen molar-refractivity contribution in [3.05, 3.63) is 34.6 Å². The molecule has 2 unspecified atom stereocenters. The third-order valence-electron chi connectivity index (χ3n) is 3.24. The standard InChI is InChI=1S/C15H23ClFNO/c1-4-9-18-15(8-5-11(2)19-3)13-10-12(17)6-7-14(13)16/h6-7,10-11,15,18H,4-5,8-9H2,1-3H3. The van der Waals surface area contributed by atoms with Gasteiger partial charge in [0.15, 0.2) is 0 Å². The van der Waals surface area contributed by atoms with E-state index in [9.17, 15) is 4.39 Å². The normalized spacial score (nSPS) is 14.4. The molecule has 0 saturated heterocycles. The molecule has 0 fully saturated rings. The monoisotopic (exact) mass is 287 g/mol. The van der Waals surface area contributed by atoms with Crippen molar-refractivity contribution in [1.82, 2.24) is 5.32 Å². The third-order valence-corrected chi connectivity index (χ3v) is 3.58. The number of nitrogens with one attached hydrogen (secondary N) is 1. The number of halogens is 2. The fraction of sp³-hybridized carbons (Fsp3) is 0.600. The Bertz CT molecular complexity index is 386. The quantitative estimate of drug-likeness (QED) is 0.768. The van der Waals surface area contributed by atoms with Crippen LogP contribution in [0.1, 0.15) is 44.7 Å². The molecular weight excluding hydrogens is 265 g/mol. The average molecular weight is 288 g/mol. The summed E-state index contributed by atoms with van der Waals surface area (Å²) in [7, 11) is 1.70. The number of hydrogen-bond donors (Lipinski definition) is 1. The second-order valence-electron chi connectivity index (χ2n) is 4.80. The zero-order chi connectivity index (χ0) is 14.3. The van der Waals surface area contributed by atoms with Gasteiger partial charge in [-0.15, -0.1) is 0 Å². The first-order valence-corrected chi connectivity index (χ1v) is 7.17. The minimum absolute atomic E-state index is 0.0701. The molecule has 1 rings (SSSR count). The van der Waals surface area contributed by atoms with Crippen molar-refractivity contribution in [2.75, 3.05) is 13.7 Å². The third kappa shape index (κ3) is 5.47. The van der Waals surface area contributed by atoms with Crippen LogP contribution in [0.3, 0.4) is 0 Å². The molecule has 0 amide bonds. The van der Waals surface area contributed by atoms with Crippen molar-refractivity contribution in [3.63, 3.8) is 0 Å². The maximum Gasteiger partial charge on any atom is 0.123 e. The first-order chi connectivity index (χ1) is 9.08. The number of benzene rings is 1. The molecule has 0 heterocycles. The van der Waals surface area contributed by atoms with Crippen molar-refractivity contribution in [3.8, 4) is 0 Å². The Morgan fingerprint density at radius 2 is 2.11 bits per heavy atom. The lowest BCUT2D eigenvalue weighted by atomic mass is 10.00. The van der Waals surface area contributed by atoms with E-state index in [0.29, 0.717) is 5.02 Å². The van der Waals surface area contributed by atoms with Crippen LogP contribution in [0.15, 0.2) is 18.2 Å². The predicted octanol–water partition coefficient (Wildman–Crippen LogP) is 4.33. The fourth-order valence-electron chi connectivity index (χ4n) is 1.99. The minimum atomic E-state index is -0.248. The van der Waals surface area contributed by atoms with Crippen molar-refractivity contribution >= 4 is 11.6 Å². The molecule has 1 N–H and O–H groups in total. The van der Waals surface area contributed by atoms with Gasteiger partial charge in [-0.05, 0) is 56.5 Å². The van der Waals surface area contributed by atoms with Crippen LogP contribution < -0.4 is 5.32 Å².